The largest absolute Gasteiger partial charge is 0.350 e. The van der Waals surface area contributed by atoms with Crippen LogP contribution < -0.4 is 11.1 Å². The number of alkyl halides is 2. The van der Waals surface area contributed by atoms with Crippen molar-refractivity contribution in [3.8, 4) is 0 Å². The Morgan fingerprint density at radius 1 is 1.70 bits per heavy atom. The number of nitrogens with two attached hydrogens (primary N) is 1. The van der Waals surface area contributed by atoms with E-state index in [4.69, 9.17) is 5.73 Å². The van der Waals surface area contributed by atoms with Crippen LogP contribution in [0, 0.1) is 0 Å². The molecule has 0 aliphatic heterocycles. The van der Waals surface area contributed by atoms with E-state index in [1.165, 1.54) is 6.92 Å². The standard InChI is InChI=1S/C5H10F2N2O/c1-4(10)9-3-5(6,7)2-8/h2-3,8H2,1H3,(H,9,10). The van der Waals surface area contributed by atoms with Gasteiger partial charge in [0.2, 0.25) is 5.91 Å². The molecule has 0 aliphatic rings. The van der Waals surface area contributed by atoms with Crippen LogP contribution in [0.3, 0.4) is 0 Å². The molecule has 1 amide bonds. The van der Waals surface area contributed by atoms with Crippen LogP contribution in [0.4, 0.5) is 8.78 Å². The molecular weight excluding hydrogens is 142 g/mol. The zero-order valence-corrected chi connectivity index (χ0v) is 5.66. The van der Waals surface area contributed by atoms with Crippen molar-refractivity contribution < 1.29 is 13.6 Å². The maximum Gasteiger partial charge on any atom is 0.277 e. The Kier molecular flexibility index (Phi) is 3.21. The molecule has 0 aromatic rings. The van der Waals surface area contributed by atoms with Crippen molar-refractivity contribution in [2.45, 2.75) is 12.8 Å². The summed E-state index contributed by atoms with van der Waals surface area (Å²) in [6, 6.07) is 0. The Morgan fingerprint density at radius 2 is 2.20 bits per heavy atom. The van der Waals surface area contributed by atoms with Gasteiger partial charge in [-0.25, -0.2) is 8.78 Å². The Balaban J connectivity index is 3.56. The van der Waals surface area contributed by atoms with Gasteiger partial charge in [0.25, 0.3) is 5.92 Å². The number of nitrogens with one attached hydrogen (secondary N) is 1. The highest BCUT2D eigenvalue weighted by Gasteiger charge is 2.26. The van der Waals surface area contributed by atoms with Gasteiger partial charge in [-0.3, -0.25) is 4.79 Å². The fraction of sp³-hybridized carbons (Fsp3) is 0.800. The second kappa shape index (κ2) is 3.46. The highest BCUT2D eigenvalue weighted by atomic mass is 19.3. The van der Waals surface area contributed by atoms with Gasteiger partial charge in [0.05, 0.1) is 13.1 Å². The number of hydrogen-bond acceptors (Lipinski definition) is 2. The lowest BCUT2D eigenvalue weighted by molar-refractivity contribution is -0.120. The van der Waals surface area contributed by atoms with Gasteiger partial charge in [0.1, 0.15) is 0 Å². The van der Waals surface area contributed by atoms with Crippen molar-refractivity contribution >= 4 is 5.91 Å². The number of rotatable bonds is 3. The van der Waals surface area contributed by atoms with Crippen LogP contribution in [0.2, 0.25) is 0 Å². The fourth-order valence-electron chi connectivity index (χ4n) is 0.326. The van der Waals surface area contributed by atoms with Gasteiger partial charge in [-0.15, -0.1) is 0 Å². The second-order valence-electron chi connectivity index (χ2n) is 1.97. The smallest absolute Gasteiger partial charge is 0.277 e. The molecule has 0 radical (unpaired) electrons. The Morgan fingerprint density at radius 3 is 2.50 bits per heavy atom. The van der Waals surface area contributed by atoms with Crippen molar-refractivity contribution in [2.24, 2.45) is 5.73 Å². The molecule has 0 unspecified atom stereocenters. The van der Waals surface area contributed by atoms with Crippen molar-refractivity contribution in [3.05, 3.63) is 0 Å². The molecule has 3 nitrogen and oxygen atoms in total. The van der Waals surface area contributed by atoms with Crippen LogP contribution in [0.1, 0.15) is 6.92 Å². The molecular formula is C5H10F2N2O. The lowest BCUT2D eigenvalue weighted by Crippen LogP contribution is -2.40. The van der Waals surface area contributed by atoms with E-state index >= 15 is 0 Å². The number of halogens is 2. The monoisotopic (exact) mass is 152 g/mol. The maximum atomic E-state index is 12.2. The first kappa shape index (κ1) is 9.29. The van der Waals surface area contributed by atoms with Crippen LogP contribution in [0.25, 0.3) is 0 Å². The Labute approximate surface area is 57.6 Å². The molecule has 0 saturated heterocycles. The van der Waals surface area contributed by atoms with Crippen molar-refractivity contribution in [1.29, 1.82) is 0 Å². The summed E-state index contributed by atoms with van der Waals surface area (Å²) in [5, 5.41) is 1.97. The summed E-state index contributed by atoms with van der Waals surface area (Å²) >= 11 is 0. The van der Waals surface area contributed by atoms with Crippen LogP contribution >= 0.6 is 0 Å². The number of carbonyl (C=O) groups is 1. The zero-order valence-electron chi connectivity index (χ0n) is 5.66. The summed E-state index contributed by atoms with van der Waals surface area (Å²) in [6.07, 6.45) is 0. The summed E-state index contributed by atoms with van der Waals surface area (Å²) in [7, 11) is 0. The topological polar surface area (TPSA) is 55.1 Å². The highest BCUT2D eigenvalue weighted by molar-refractivity contribution is 5.72. The maximum absolute atomic E-state index is 12.2. The van der Waals surface area contributed by atoms with Gasteiger partial charge in [0.15, 0.2) is 0 Å². The molecule has 0 aromatic heterocycles. The van der Waals surface area contributed by atoms with E-state index in [0.29, 0.717) is 0 Å². The van der Waals surface area contributed by atoms with Crippen LogP contribution in [0.5, 0.6) is 0 Å². The molecule has 5 heteroatoms. The van der Waals surface area contributed by atoms with E-state index in [1.807, 2.05) is 5.32 Å². The minimum atomic E-state index is -2.98. The summed E-state index contributed by atoms with van der Waals surface area (Å²) < 4.78 is 24.3. The van der Waals surface area contributed by atoms with Crippen LogP contribution in [0.15, 0.2) is 0 Å². The van der Waals surface area contributed by atoms with E-state index in [-0.39, 0.29) is 0 Å². The fourth-order valence-corrected chi connectivity index (χ4v) is 0.326. The van der Waals surface area contributed by atoms with Crippen molar-refractivity contribution in [1.82, 2.24) is 5.32 Å². The SMILES string of the molecule is CC(=O)NCC(F)(F)CN. The molecule has 0 aliphatic carbocycles. The van der Waals surface area contributed by atoms with Crippen molar-refractivity contribution in [3.63, 3.8) is 0 Å². The molecule has 0 fully saturated rings. The molecule has 60 valence electrons. The molecule has 0 aromatic carbocycles. The molecule has 0 spiro atoms. The van der Waals surface area contributed by atoms with E-state index in [1.54, 1.807) is 0 Å². The first-order valence-electron chi connectivity index (χ1n) is 2.80. The second-order valence-corrected chi connectivity index (χ2v) is 1.97. The molecule has 0 rings (SSSR count). The first-order chi connectivity index (χ1) is 4.48. The van der Waals surface area contributed by atoms with Gasteiger partial charge in [-0.1, -0.05) is 0 Å². The number of hydrogen-bond donors (Lipinski definition) is 2. The molecule has 0 saturated carbocycles. The first-order valence-corrected chi connectivity index (χ1v) is 2.80. The minimum absolute atomic E-state index is 0.479. The van der Waals surface area contributed by atoms with Gasteiger partial charge in [0, 0.05) is 6.92 Å². The lowest BCUT2D eigenvalue weighted by Gasteiger charge is -2.12. The normalized spacial score (nSPS) is 11.2. The Hall–Kier alpha value is -0.710. The number of carbonyl (C=O) groups excluding carboxylic acids is 1. The molecule has 0 heterocycles. The average molecular weight is 152 g/mol. The van der Waals surface area contributed by atoms with Crippen molar-refractivity contribution in [2.75, 3.05) is 13.1 Å². The predicted octanol–water partition coefficient (Wildman–Crippen LogP) is -0.283. The van der Waals surface area contributed by atoms with E-state index in [0.717, 1.165) is 0 Å². The number of amides is 1. The summed E-state index contributed by atoms with van der Waals surface area (Å²) in [4.78, 5) is 10.1. The van der Waals surface area contributed by atoms with Gasteiger partial charge in [-0.05, 0) is 0 Å². The lowest BCUT2D eigenvalue weighted by atomic mass is 10.3. The zero-order chi connectivity index (χ0) is 8.20. The minimum Gasteiger partial charge on any atom is -0.350 e. The summed E-state index contributed by atoms with van der Waals surface area (Å²) in [5.74, 6) is -3.46. The molecule has 3 N–H and O–H groups in total. The van der Waals surface area contributed by atoms with Gasteiger partial charge in [-0.2, -0.15) is 0 Å². The van der Waals surface area contributed by atoms with Crippen LogP contribution in [-0.4, -0.2) is 24.9 Å². The predicted molar refractivity (Wildman–Crippen MR) is 32.7 cm³/mol. The molecule has 10 heavy (non-hydrogen) atoms. The summed E-state index contributed by atoms with van der Waals surface area (Å²) in [5.41, 5.74) is 4.69. The van der Waals surface area contributed by atoms with E-state index in [2.05, 4.69) is 0 Å². The van der Waals surface area contributed by atoms with Gasteiger partial charge >= 0.3 is 0 Å². The third kappa shape index (κ3) is 4.20. The average Bonchev–Trinajstić information content (AvgIpc) is 1.85. The quantitative estimate of drug-likeness (QED) is 0.584. The summed E-state index contributed by atoms with van der Waals surface area (Å²) in [6.45, 7) is -0.251. The van der Waals surface area contributed by atoms with Crippen LogP contribution in [-0.2, 0) is 4.79 Å². The molecule has 0 atom stereocenters. The van der Waals surface area contributed by atoms with E-state index in [9.17, 15) is 13.6 Å². The Bertz CT molecular complexity index is 127. The highest BCUT2D eigenvalue weighted by Crippen LogP contribution is 2.07. The third-order valence-electron chi connectivity index (χ3n) is 0.895. The van der Waals surface area contributed by atoms with Gasteiger partial charge < -0.3 is 11.1 Å². The third-order valence-corrected chi connectivity index (χ3v) is 0.895. The van der Waals surface area contributed by atoms with E-state index < -0.39 is 24.9 Å². The molecule has 0 bridgehead atoms.